The molecule has 1 heterocycles. The average Bonchev–Trinajstić information content (AvgIpc) is 2.65. The Hall–Kier alpha value is -0.900. The molecule has 0 saturated heterocycles. The highest BCUT2D eigenvalue weighted by Gasteiger charge is 2.15. The van der Waals surface area contributed by atoms with Gasteiger partial charge in [0.25, 0.3) is 0 Å². The van der Waals surface area contributed by atoms with Crippen molar-refractivity contribution in [2.45, 2.75) is 26.3 Å². The van der Waals surface area contributed by atoms with Gasteiger partial charge in [0, 0.05) is 10.9 Å². The smallest absolute Gasteiger partial charge is 0.123 e. The number of thiophene rings is 1. The Kier molecular flexibility index (Phi) is 4.05. The Labute approximate surface area is 115 Å². The number of hydrogen-bond acceptors (Lipinski definition) is 2. The largest absolute Gasteiger partial charge is 0.323 e. The van der Waals surface area contributed by atoms with Crippen molar-refractivity contribution < 1.29 is 4.39 Å². The number of aryl methyl sites for hydroxylation is 2. The van der Waals surface area contributed by atoms with Crippen molar-refractivity contribution in [1.82, 2.24) is 0 Å². The lowest BCUT2D eigenvalue weighted by Gasteiger charge is -2.13. The highest BCUT2D eigenvalue weighted by Crippen LogP contribution is 2.33. The normalized spacial score (nSPS) is 12.7. The molecular weight excluding hydrogens is 269 g/mol. The van der Waals surface area contributed by atoms with Gasteiger partial charge in [-0.15, -0.1) is 11.3 Å². The molecule has 0 bridgehead atoms. The predicted octanol–water partition coefficient (Wildman–Crippen LogP) is 4.40. The van der Waals surface area contributed by atoms with Gasteiger partial charge in [-0.25, -0.2) is 4.39 Å². The lowest BCUT2D eigenvalue weighted by Crippen LogP contribution is -2.13. The minimum Gasteiger partial charge on any atom is -0.323 e. The molecule has 0 fully saturated rings. The van der Waals surface area contributed by atoms with E-state index in [9.17, 15) is 4.39 Å². The van der Waals surface area contributed by atoms with Gasteiger partial charge in [0.05, 0.1) is 5.02 Å². The van der Waals surface area contributed by atoms with Crippen LogP contribution in [-0.2, 0) is 6.42 Å². The van der Waals surface area contributed by atoms with Gasteiger partial charge >= 0.3 is 0 Å². The molecule has 2 rings (SSSR count). The highest BCUT2D eigenvalue weighted by atomic mass is 35.5. The lowest BCUT2D eigenvalue weighted by molar-refractivity contribution is 0.621. The third-order valence-electron chi connectivity index (χ3n) is 3.01. The van der Waals surface area contributed by atoms with Crippen molar-refractivity contribution >= 4 is 22.9 Å². The Bertz CT molecular complexity index is 565. The second-order valence-corrected chi connectivity index (χ2v) is 5.77. The van der Waals surface area contributed by atoms with Crippen LogP contribution < -0.4 is 5.73 Å². The number of hydrogen-bond donors (Lipinski definition) is 1. The van der Waals surface area contributed by atoms with Crippen LogP contribution in [0, 0.1) is 19.7 Å². The van der Waals surface area contributed by atoms with E-state index in [0.717, 1.165) is 26.6 Å². The van der Waals surface area contributed by atoms with Crippen LogP contribution in [0.2, 0.25) is 5.02 Å². The number of benzene rings is 1. The molecule has 0 saturated carbocycles. The van der Waals surface area contributed by atoms with Crippen LogP contribution in [0.5, 0.6) is 0 Å². The van der Waals surface area contributed by atoms with E-state index in [1.165, 1.54) is 6.07 Å². The maximum Gasteiger partial charge on any atom is 0.123 e. The van der Waals surface area contributed by atoms with Crippen LogP contribution in [0.4, 0.5) is 4.39 Å². The molecule has 1 atom stereocenters. The number of rotatable bonds is 3. The van der Waals surface area contributed by atoms with Crippen LogP contribution in [0.15, 0.2) is 23.6 Å². The van der Waals surface area contributed by atoms with E-state index in [1.54, 1.807) is 23.5 Å². The van der Waals surface area contributed by atoms with Gasteiger partial charge in [0.1, 0.15) is 5.82 Å². The second-order valence-electron chi connectivity index (χ2n) is 4.48. The van der Waals surface area contributed by atoms with E-state index in [-0.39, 0.29) is 11.9 Å². The summed E-state index contributed by atoms with van der Waals surface area (Å²) in [6.45, 7) is 3.92. The minimum absolute atomic E-state index is 0.184. The predicted molar refractivity (Wildman–Crippen MR) is 75.8 cm³/mol. The van der Waals surface area contributed by atoms with E-state index in [0.29, 0.717) is 6.42 Å². The summed E-state index contributed by atoms with van der Waals surface area (Å²) in [5, 5.41) is 2.73. The molecule has 0 aliphatic carbocycles. The Balaban J connectivity index is 2.23. The van der Waals surface area contributed by atoms with Crippen molar-refractivity contribution in [3.05, 3.63) is 56.0 Å². The van der Waals surface area contributed by atoms with Crippen LogP contribution in [0.25, 0.3) is 0 Å². The summed E-state index contributed by atoms with van der Waals surface area (Å²) in [4.78, 5) is 0.970. The Morgan fingerprint density at radius 3 is 2.67 bits per heavy atom. The molecule has 18 heavy (non-hydrogen) atoms. The van der Waals surface area contributed by atoms with Crippen LogP contribution in [-0.4, -0.2) is 0 Å². The molecule has 4 heteroatoms. The summed E-state index contributed by atoms with van der Waals surface area (Å²) in [7, 11) is 0. The molecule has 1 nitrogen and oxygen atoms in total. The monoisotopic (exact) mass is 283 g/mol. The maximum atomic E-state index is 13.2. The third kappa shape index (κ3) is 2.74. The third-order valence-corrected chi connectivity index (χ3v) is 4.86. The fourth-order valence-corrected chi connectivity index (χ4v) is 3.23. The van der Waals surface area contributed by atoms with Crippen LogP contribution >= 0.6 is 22.9 Å². The van der Waals surface area contributed by atoms with Crippen molar-refractivity contribution in [3.63, 3.8) is 0 Å². The maximum absolute atomic E-state index is 13.2. The van der Waals surface area contributed by atoms with Crippen molar-refractivity contribution in [2.24, 2.45) is 5.73 Å². The number of nitrogens with two attached hydrogens (primary N) is 1. The van der Waals surface area contributed by atoms with Crippen molar-refractivity contribution in [3.8, 4) is 0 Å². The van der Waals surface area contributed by atoms with E-state index in [1.807, 2.05) is 19.2 Å². The molecule has 2 aromatic rings. The SMILES string of the molecule is Cc1ccc(F)cc1CC(N)c1scc(C)c1Cl. The molecule has 0 amide bonds. The first-order chi connectivity index (χ1) is 8.49. The fourth-order valence-electron chi connectivity index (χ4n) is 1.89. The van der Waals surface area contributed by atoms with Gasteiger partial charge in [0.15, 0.2) is 0 Å². The minimum atomic E-state index is -0.226. The van der Waals surface area contributed by atoms with E-state index in [4.69, 9.17) is 17.3 Å². The van der Waals surface area contributed by atoms with E-state index < -0.39 is 0 Å². The summed E-state index contributed by atoms with van der Waals surface area (Å²) in [5.41, 5.74) is 9.20. The topological polar surface area (TPSA) is 26.0 Å². The van der Waals surface area contributed by atoms with Crippen molar-refractivity contribution in [2.75, 3.05) is 0 Å². The molecule has 0 aliphatic rings. The second kappa shape index (κ2) is 5.39. The standard InChI is InChI=1S/C14H15ClFNS/c1-8-3-4-11(16)5-10(8)6-12(17)14-13(15)9(2)7-18-14/h3-5,7,12H,6,17H2,1-2H3. The summed E-state index contributed by atoms with van der Waals surface area (Å²) >= 11 is 7.76. The quantitative estimate of drug-likeness (QED) is 0.888. The zero-order chi connectivity index (χ0) is 13.3. The van der Waals surface area contributed by atoms with Gasteiger partial charge in [-0.1, -0.05) is 17.7 Å². The summed E-state index contributed by atoms with van der Waals surface area (Å²) in [5.74, 6) is -0.226. The highest BCUT2D eigenvalue weighted by molar-refractivity contribution is 7.10. The molecule has 96 valence electrons. The Morgan fingerprint density at radius 1 is 1.33 bits per heavy atom. The van der Waals surface area contributed by atoms with Gasteiger partial charge in [-0.05, 0) is 54.5 Å². The Morgan fingerprint density at radius 2 is 2.06 bits per heavy atom. The molecular formula is C14H15ClFNS. The zero-order valence-corrected chi connectivity index (χ0v) is 11.9. The molecule has 1 aromatic carbocycles. The molecule has 0 aliphatic heterocycles. The molecule has 1 aromatic heterocycles. The lowest BCUT2D eigenvalue weighted by atomic mass is 10.0. The van der Waals surface area contributed by atoms with Crippen LogP contribution in [0.3, 0.4) is 0 Å². The molecule has 1 unspecified atom stereocenters. The first kappa shape index (κ1) is 13.5. The van der Waals surface area contributed by atoms with Gasteiger partial charge in [-0.2, -0.15) is 0 Å². The first-order valence-corrected chi connectivity index (χ1v) is 6.99. The average molecular weight is 284 g/mol. The molecule has 2 N–H and O–H groups in total. The summed E-state index contributed by atoms with van der Waals surface area (Å²) in [6.07, 6.45) is 0.600. The van der Waals surface area contributed by atoms with Gasteiger partial charge < -0.3 is 5.73 Å². The van der Waals surface area contributed by atoms with Gasteiger partial charge in [-0.3, -0.25) is 0 Å². The molecule has 0 radical (unpaired) electrons. The fraction of sp³-hybridized carbons (Fsp3) is 0.286. The summed E-state index contributed by atoms with van der Waals surface area (Å²) < 4.78 is 13.2. The van der Waals surface area contributed by atoms with E-state index in [2.05, 4.69) is 0 Å². The number of halogens is 2. The van der Waals surface area contributed by atoms with Crippen molar-refractivity contribution in [1.29, 1.82) is 0 Å². The van der Waals surface area contributed by atoms with Crippen LogP contribution in [0.1, 0.15) is 27.6 Å². The molecule has 0 spiro atoms. The zero-order valence-electron chi connectivity index (χ0n) is 10.3. The summed E-state index contributed by atoms with van der Waals surface area (Å²) in [6, 6.07) is 4.60. The first-order valence-electron chi connectivity index (χ1n) is 5.73. The van der Waals surface area contributed by atoms with Gasteiger partial charge in [0.2, 0.25) is 0 Å². The van der Waals surface area contributed by atoms with E-state index >= 15 is 0 Å².